The Morgan fingerprint density at radius 3 is 2.53 bits per heavy atom. The molecule has 0 radical (unpaired) electrons. The van der Waals surface area contributed by atoms with Crippen molar-refractivity contribution in [3.8, 4) is 0 Å². The lowest BCUT2D eigenvalue weighted by Crippen LogP contribution is -2.24. The first kappa shape index (κ1) is 13.6. The molecule has 0 unspecified atom stereocenters. The van der Waals surface area contributed by atoms with E-state index in [1.165, 1.54) is 22.6 Å². The predicted octanol–water partition coefficient (Wildman–Crippen LogP) is 2.79. The molecule has 0 aliphatic heterocycles. The Balaban J connectivity index is 1.81. The Hall–Kier alpha value is -1.81. The van der Waals surface area contributed by atoms with E-state index < -0.39 is 0 Å². The summed E-state index contributed by atoms with van der Waals surface area (Å²) in [6.45, 7) is 0.665. The third-order valence-electron chi connectivity index (χ3n) is 2.90. The van der Waals surface area contributed by atoms with Gasteiger partial charge in [0.2, 0.25) is 0 Å². The van der Waals surface area contributed by atoms with E-state index in [4.69, 9.17) is 0 Å². The van der Waals surface area contributed by atoms with Gasteiger partial charge in [0.05, 0.1) is 4.88 Å². The van der Waals surface area contributed by atoms with Crippen molar-refractivity contribution in [3.05, 3.63) is 52.2 Å². The number of anilines is 1. The van der Waals surface area contributed by atoms with E-state index in [1.807, 2.05) is 31.6 Å². The van der Waals surface area contributed by atoms with E-state index in [-0.39, 0.29) is 5.91 Å². The van der Waals surface area contributed by atoms with Crippen LogP contribution in [-0.4, -0.2) is 26.5 Å². The summed E-state index contributed by atoms with van der Waals surface area (Å²) in [6.07, 6.45) is 0.852. The standard InChI is InChI=1S/C15H18N2OS/c1-17(2)13-7-5-12(6-8-13)9-10-16-15(18)14-4-3-11-19-14/h3-8,11H,9-10H2,1-2H3,(H,16,18). The number of carbonyl (C=O) groups is 1. The number of carbonyl (C=O) groups excluding carboxylic acids is 1. The summed E-state index contributed by atoms with van der Waals surface area (Å²) in [5.74, 6) is 0.0138. The lowest BCUT2D eigenvalue weighted by Gasteiger charge is -2.12. The number of thiophene rings is 1. The largest absolute Gasteiger partial charge is 0.378 e. The fraction of sp³-hybridized carbons (Fsp3) is 0.267. The van der Waals surface area contributed by atoms with Gasteiger partial charge in [0.15, 0.2) is 0 Å². The molecule has 0 saturated heterocycles. The van der Waals surface area contributed by atoms with Gasteiger partial charge in [0.1, 0.15) is 0 Å². The number of hydrogen-bond acceptors (Lipinski definition) is 3. The molecule has 0 bridgehead atoms. The molecule has 0 atom stereocenters. The van der Waals surface area contributed by atoms with Crippen LogP contribution in [0.5, 0.6) is 0 Å². The molecule has 3 nitrogen and oxygen atoms in total. The van der Waals surface area contributed by atoms with Crippen molar-refractivity contribution in [2.24, 2.45) is 0 Å². The van der Waals surface area contributed by atoms with Gasteiger partial charge in [-0.2, -0.15) is 0 Å². The van der Waals surface area contributed by atoms with Gasteiger partial charge in [-0.3, -0.25) is 4.79 Å². The Morgan fingerprint density at radius 2 is 1.95 bits per heavy atom. The second-order valence-electron chi connectivity index (χ2n) is 4.54. The van der Waals surface area contributed by atoms with Gasteiger partial charge < -0.3 is 10.2 Å². The summed E-state index contributed by atoms with van der Waals surface area (Å²) in [6, 6.07) is 12.1. The minimum absolute atomic E-state index is 0.0138. The Morgan fingerprint density at radius 1 is 1.21 bits per heavy atom. The number of nitrogens with zero attached hydrogens (tertiary/aromatic N) is 1. The fourth-order valence-corrected chi connectivity index (χ4v) is 2.42. The second-order valence-corrected chi connectivity index (χ2v) is 5.49. The molecular formula is C15H18N2OS. The maximum absolute atomic E-state index is 11.7. The number of amides is 1. The van der Waals surface area contributed by atoms with Crippen LogP contribution in [0.25, 0.3) is 0 Å². The molecule has 1 aromatic heterocycles. The number of rotatable bonds is 5. The van der Waals surface area contributed by atoms with Crippen molar-refractivity contribution < 1.29 is 4.79 Å². The molecule has 1 amide bonds. The summed E-state index contributed by atoms with van der Waals surface area (Å²) in [7, 11) is 4.05. The SMILES string of the molecule is CN(C)c1ccc(CCNC(=O)c2cccs2)cc1. The summed E-state index contributed by atoms with van der Waals surface area (Å²) < 4.78 is 0. The fourth-order valence-electron chi connectivity index (χ4n) is 1.78. The molecule has 0 aliphatic rings. The smallest absolute Gasteiger partial charge is 0.261 e. The maximum Gasteiger partial charge on any atom is 0.261 e. The van der Waals surface area contributed by atoms with Crippen molar-refractivity contribution in [2.75, 3.05) is 25.5 Å². The molecule has 1 heterocycles. The zero-order chi connectivity index (χ0) is 13.7. The Labute approximate surface area is 117 Å². The van der Waals surface area contributed by atoms with Gasteiger partial charge in [-0.15, -0.1) is 11.3 Å². The van der Waals surface area contributed by atoms with Gasteiger partial charge in [0.25, 0.3) is 5.91 Å². The summed E-state index contributed by atoms with van der Waals surface area (Å²) in [4.78, 5) is 14.6. The van der Waals surface area contributed by atoms with E-state index >= 15 is 0 Å². The Bertz CT molecular complexity index is 518. The van der Waals surface area contributed by atoms with Crippen LogP contribution in [0, 0.1) is 0 Å². The monoisotopic (exact) mass is 274 g/mol. The van der Waals surface area contributed by atoms with Crippen LogP contribution in [0.15, 0.2) is 41.8 Å². The van der Waals surface area contributed by atoms with Crippen molar-refractivity contribution in [2.45, 2.75) is 6.42 Å². The second kappa shape index (κ2) is 6.38. The first-order chi connectivity index (χ1) is 9.16. The molecule has 0 aliphatic carbocycles. The van der Waals surface area contributed by atoms with Gasteiger partial charge in [-0.1, -0.05) is 18.2 Å². The van der Waals surface area contributed by atoms with E-state index in [0.717, 1.165) is 11.3 Å². The van der Waals surface area contributed by atoms with Gasteiger partial charge >= 0.3 is 0 Å². The first-order valence-electron chi connectivity index (χ1n) is 6.25. The molecule has 19 heavy (non-hydrogen) atoms. The lowest BCUT2D eigenvalue weighted by molar-refractivity contribution is 0.0958. The van der Waals surface area contributed by atoms with Gasteiger partial charge in [-0.05, 0) is 35.6 Å². The average Bonchev–Trinajstić information content (AvgIpc) is 2.93. The van der Waals surface area contributed by atoms with Crippen molar-refractivity contribution >= 4 is 22.9 Å². The van der Waals surface area contributed by atoms with Crippen LogP contribution in [0.4, 0.5) is 5.69 Å². The van der Waals surface area contributed by atoms with Crippen LogP contribution in [0.3, 0.4) is 0 Å². The van der Waals surface area contributed by atoms with Gasteiger partial charge in [0, 0.05) is 26.3 Å². The molecule has 2 rings (SSSR count). The van der Waals surface area contributed by atoms with Crippen LogP contribution < -0.4 is 10.2 Å². The Kier molecular flexibility index (Phi) is 4.58. The van der Waals surface area contributed by atoms with Crippen molar-refractivity contribution in [1.29, 1.82) is 0 Å². The normalized spacial score (nSPS) is 10.2. The van der Waals surface area contributed by atoms with Crippen molar-refractivity contribution in [1.82, 2.24) is 5.32 Å². The highest BCUT2D eigenvalue weighted by Gasteiger charge is 2.05. The topological polar surface area (TPSA) is 32.3 Å². The highest BCUT2D eigenvalue weighted by Crippen LogP contribution is 2.12. The molecule has 2 aromatic rings. The molecular weight excluding hydrogens is 256 g/mol. The van der Waals surface area contributed by atoms with E-state index in [9.17, 15) is 4.79 Å². The molecule has 1 aromatic carbocycles. The molecule has 0 spiro atoms. The average molecular weight is 274 g/mol. The minimum atomic E-state index is 0.0138. The highest BCUT2D eigenvalue weighted by molar-refractivity contribution is 7.12. The maximum atomic E-state index is 11.7. The number of hydrogen-bond donors (Lipinski definition) is 1. The first-order valence-corrected chi connectivity index (χ1v) is 7.13. The quantitative estimate of drug-likeness (QED) is 0.909. The molecule has 0 saturated carbocycles. The third kappa shape index (κ3) is 3.83. The molecule has 100 valence electrons. The molecule has 0 fully saturated rings. The van der Waals surface area contributed by atoms with Crippen molar-refractivity contribution in [3.63, 3.8) is 0 Å². The summed E-state index contributed by atoms with van der Waals surface area (Å²) in [5.41, 5.74) is 2.42. The zero-order valence-electron chi connectivity index (χ0n) is 11.2. The van der Waals surface area contributed by atoms with Crippen LogP contribution in [0.1, 0.15) is 15.2 Å². The van der Waals surface area contributed by atoms with Crippen LogP contribution in [0.2, 0.25) is 0 Å². The predicted molar refractivity (Wildman–Crippen MR) is 81.1 cm³/mol. The molecule has 1 N–H and O–H groups in total. The van der Waals surface area contributed by atoms with E-state index in [1.54, 1.807) is 0 Å². The van der Waals surface area contributed by atoms with E-state index in [0.29, 0.717) is 6.54 Å². The van der Waals surface area contributed by atoms with E-state index in [2.05, 4.69) is 34.5 Å². The highest BCUT2D eigenvalue weighted by atomic mass is 32.1. The summed E-state index contributed by atoms with van der Waals surface area (Å²) in [5, 5.41) is 4.84. The summed E-state index contributed by atoms with van der Waals surface area (Å²) >= 11 is 1.46. The minimum Gasteiger partial charge on any atom is -0.378 e. The van der Waals surface area contributed by atoms with Gasteiger partial charge in [-0.25, -0.2) is 0 Å². The lowest BCUT2D eigenvalue weighted by atomic mass is 10.1. The zero-order valence-corrected chi connectivity index (χ0v) is 12.0. The van der Waals surface area contributed by atoms with Crippen LogP contribution >= 0.6 is 11.3 Å². The molecule has 4 heteroatoms. The van der Waals surface area contributed by atoms with Crippen LogP contribution in [-0.2, 0) is 6.42 Å². The third-order valence-corrected chi connectivity index (χ3v) is 3.77. The number of nitrogens with one attached hydrogen (secondary N) is 1. The number of benzene rings is 1.